The molecule has 1 atom stereocenters. The number of fused-ring (bicyclic) bond motifs is 1. The lowest BCUT2D eigenvalue weighted by atomic mass is 10.1. The van der Waals surface area contributed by atoms with Crippen LogP contribution in [0.2, 0.25) is 0 Å². The number of anilines is 2. The lowest BCUT2D eigenvalue weighted by Gasteiger charge is -2.24. The number of rotatable bonds is 4. The van der Waals surface area contributed by atoms with Gasteiger partial charge in [0.25, 0.3) is 0 Å². The van der Waals surface area contributed by atoms with Crippen LogP contribution in [0.5, 0.6) is 0 Å². The van der Waals surface area contributed by atoms with Gasteiger partial charge in [0.15, 0.2) is 0 Å². The highest BCUT2D eigenvalue weighted by molar-refractivity contribution is 8.01. The summed E-state index contributed by atoms with van der Waals surface area (Å²) in [5.74, 6) is -1.66. The Morgan fingerprint density at radius 2 is 2.00 bits per heavy atom. The fraction of sp³-hybridized carbons (Fsp3) is 0.278. The molecule has 11 heteroatoms. The van der Waals surface area contributed by atoms with E-state index in [-0.39, 0.29) is 17.7 Å². The van der Waals surface area contributed by atoms with Crippen LogP contribution in [-0.4, -0.2) is 30.1 Å². The molecule has 0 spiro atoms. The second-order valence-electron chi connectivity index (χ2n) is 6.15. The average molecular weight is 444 g/mol. The van der Waals surface area contributed by atoms with Crippen molar-refractivity contribution >= 4 is 51.6 Å². The Kier molecular flexibility index (Phi) is 5.90. The Hall–Kier alpha value is -2.53. The van der Waals surface area contributed by atoms with E-state index in [0.29, 0.717) is 9.90 Å². The number of esters is 1. The molecule has 0 fully saturated rings. The molecule has 0 saturated carbocycles. The van der Waals surface area contributed by atoms with E-state index in [4.69, 9.17) is 0 Å². The third-order valence-electron chi connectivity index (χ3n) is 4.01. The number of carbonyl (C=O) groups excluding carboxylic acids is 3. The van der Waals surface area contributed by atoms with Crippen LogP contribution in [0.15, 0.2) is 29.2 Å². The van der Waals surface area contributed by atoms with E-state index in [1.807, 2.05) is 0 Å². The van der Waals surface area contributed by atoms with Crippen molar-refractivity contribution in [3.05, 3.63) is 40.3 Å². The minimum atomic E-state index is -4.52. The second kappa shape index (κ2) is 8.07. The van der Waals surface area contributed by atoms with E-state index in [9.17, 15) is 27.6 Å². The normalized spacial score (nSPS) is 16.0. The van der Waals surface area contributed by atoms with Crippen molar-refractivity contribution in [2.75, 3.05) is 17.7 Å². The molecular weight excluding hydrogens is 429 g/mol. The van der Waals surface area contributed by atoms with Gasteiger partial charge in [-0.3, -0.25) is 9.59 Å². The van der Waals surface area contributed by atoms with Crippen LogP contribution >= 0.6 is 23.1 Å². The number of halogens is 3. The SMILES string of the molecule is COC(=O)c1cc(C)sc1NC(=O)CC1Sc2ccc(C(F)(F)F)cc2NC1=O. The average Bonchev–Trinajstić information content (AvgIpc) is 3.00. The Bertz CT molecular complexity index is 988. The van der Waals surface area contributed by atoms with Crippen LogP contribution in [0.3, 0.4) is 0 Å². The van der Waals surface area contributed by atoms with Crippen LogP contribution in [0.25, 0.3) is 0 Å². The van der Waals surface area contributed by atoms with Gasteiger partial charge in [-0.25, -0.2) is 4.79 Å². The zero-order valence-corrected chi connectivity index (χ0v) is 16.8. The molecule has 154 valence electrons. The minimum Gasteiger partial charge on any atom is -0.465 e. The summed E-state index contributed by atoms with van der Waals surface area (Å²) in [6.07, 6.45) is -4.73. The number of hydrogen-bond acceptors (Lipinski definition) is 6. The van der Waals surface area contributed by atoms with Gasteiger partial charge in [0.1, 0.15) is 5.00 Å². The smallest absolute Gasteiger partial charge is 0.416 e. The summed E-state index contributed by atoms with van der Waals surface area (Å²) in [6, 6.07) is 4.65. The molecule has 0 radical (unpaired) electrons. The number of ether oxygens (including phenoxy) is 1. The Balaban J connectivity index is 1.71. The molecule has 2 heterocycles. The lowest BCUT2D eigenvalue weighted by molar-refractivity contribution is -0.137. The molecule has 1 aromatic carbocycles. The Morgan fingerprint density at radius 1 is 1.28 bits per heavy atom. The first kappa shape index (κ1) is 21.2. The van der Waals surface area contributed by atoms with Crippen LogP contribution in [0, 0.1) is 6.92 Å². The van der Waals surface area contributed by atoms with Gasteiger partial charge in [0.2, 0.25) is 11.8 Å². The zero-order chi connectivity index (χ0) is 21.3. The molecule has 2 N–H and O–H groups in total. The molecule has 29 heavy (non-hydrogen) atoms. The first-order valence-corrected chi connectivity index (χ1v) is 9.95. The maximum atomic E-state index is 12.8. The molecule has 1 aliphatic heterocycles. The third-order valence-corrected chi connectivity index (χ3v) is 6.25. The number of carbonyl (C=O) groups is 3. The van der Waals surface area contributed by atoms with E-state index < -0.39 is 34.8 Å². The van der Waals surface area contributed by atoms with E-state index in [1.54, 1.807) is 13.0 Å². The van der Waals surface area contributed by atoms with Gasteiger partial charge in [-0.15, -0.1) is 23.1 Å². The fourth-order valence-corrected chi connectivity index (χ4v) is 4.68. The van der Waals surface area contributed by atoms with Crippen molar-refractivity contribution in [1.29, 1.82) is 0 Å². The van der Waals surface area contributed by atoms with Crippen molar-refractivity contribution in [2.45, 2.75) is 29.7 Å². The largest absolute Gasteiger partial charge is 0.465 e. The van der Waals surface area contributed by atoms with Crippen LogP contribution in [-0.2, 0) is 20.5 Å². The number of hydrogen-bond donors (Lipinski definition) is 2. The standard InChI is InChI=1S/C18H15F3N2O4S2/c1-8-5-10(17(26)27-2)16(28-8)23-14(24)7-13-15(25)22-11-6-9(18(19,20)21)3-4-12(11)29-13/h3-6,13H,7H2,1-2H3,(H,22,25)(H,23,24). The molecular formula is C18H15F3N2O4S2. The summed E-state index contributed by atoms with van der Waals surface area (Å²) in [5, 5.41) is 4.53. The highest BCUT2D eigenvalue weighted by Crippen LogP contribution is 2.40. The van der Waals surface area contributed by atoms with Gasteiger partial charge >= 0.3 is 12.1 Å². The molecule has 3 rings (SSSR count). The predicted molar refractivity (Wildman–Crippen MR) is 103 cm³/mol. The first-order valence-electron chi connectivity index (χ1n) is 8.26. The number of nitrogens with one attached hydrogen (secondary N) is 2. The molecule has 0 bridgehead atoms. The van der Waals surface area contributed by atoms with Crippen molar-refractivity contribution in [3.63, 3.8) is 0 Å². The topological polar surface area (TPSA) is 84.5 Å². The molecule has 1 unspecified atom stereocenters. The van der Waals surface area contributed by atoms with E-state index >= 15 is 0 Å². The van der Waals surface area contributed by atoms with Crippen molar-refractivity contribution in [2.24, 2.45) is 0 Å². The third kappa shape index (κ3) is 4.73. The molecule has 1 aliphatic rings. The van der Waals surface area contributed by atoms with Crippen LogP contribution in [0.1, 0.15) is 27.2 Å². The molecule has 1 aromatic heterocycles. The summed E-state index contributed by atoms with van der Waals surface area (Å²) in [5.41, 5.74) is -0.584. The molecule has 2 amide bonds. The highest BCUT2D eigenvalue weighted by Gasteiger charge is 2.34. The fourth-order valence-electron chi connectivity index (χ4n) is 2.68. The monoisotopic (exact) mass is 444 g/mol. The summed E-state index contributed by atoms with van der Waals surface area (Å²) in [7, 11) is 1.23. The van der Waals surface area contributed by atoms with E-state index in [0.717, 1.165) is 28.8 Å². The van der Waals surface area contributed by atoms with Gasteiger partial charge < -0.3 is 15.4 Å². The Labute approximate surface area is 171 Å². The number of alkyl halides is 3. The number of thioether (sulfide) groups is 1. The molecule has 6 nitrogen and oxygen atoms in total. The maximum Gasteiger partial charge on any atom is 0.416 e. The van der Waals surface area contributed by atoms with Gasteiger partial charge in [0.05, 0.1) is 29.2 Å². The molecule has 0 aliphatic carbocycles. The minimum absolute atomic E-state index is 0.0633. The van der Waals surface area contributed by atoms with Gasteiger partial charge in [-0.1, -0.05) is 0 Å². The predicted octanol–water partition coefficient (Wildman–Crippen LogP) is 4.30. The summed E-state index contributed by atoms with van der Waals surface area (Å²) >= 11 is 2.21. The number of methoxy groups -OCH3 is 1. The maximum absolute atomic E-state index is 12.8. The Morgan fingerprint density at radius 3 is 2.66 bits per heavy atom. The molecule has 2 aromatic rings. The van der Waals surface area contributed by atoms with Crippen molar-refractivity contribution < 1.29 is 32.3 Å². The lowest BCUT2D eigenvalue weighted by Crippen LogP contribution is -2.32. The number of thiophene rings is 1. The summed E-state index contributed by atoms with van der Waals surface area (Å²) in [4.78, 5) is 37.7. The van der Waals surface area contributed by atoms with E-state index in [2.05, 4.69) is 15.4 Å². The summed E-state index contributed by atoms with van der Waals surface area (Å²) < 4.78 is 43.1. The van der Waals surface area contributed by atoms with Gasteiger partial charge in [-0.05, 0) is 31.2 Å². The van der Waals surface area contributed by atoms with Gasteiger partial charge in [0, 0.05) is 16.2 Å². The van der Waals surface area contributed by atoms with Crippen LogP contribution in [0.4, 0.5) is 23.9 Å². The second-order valence-corrected chi connectivity index (χ2v) is 8.65. The van der Waals surface area contributed by atoms with Crippen molar-refractivity contribution in [1.82, 2.24) is 0 Å². The van der Waals surface area contributed by atoms with Crippen LogP contribution < -0.4 is 10.6 Å². The summed E-state index contributed by atoms with van der Waals surface area (Å²) in [6.45, 7) is 1.77. The van der Waals surface area contributed by atoms with E-state index in [1.165, 1.54) is 24.5 Å². The number of aryl methyl sites for hydroxylation is 1. The number of benzene rings is 1. The number of amides is 2. The quantitative estimate of drug-likeness (QED) is 0.687. The van der Waals surface area contributed by atoms with Gasteiger partial charge in [-0.2, -0.15) is 13.2 Å². The highest BCUT2D eigenvalue weighted by atomic mass is 32.2. The zero-order valence-electron chi connectivity index (χ0n) is 15.2. The van der Waals surface area contributed by atoms with Crippen molar-refractivity contribution in [3.8, 4) is 0 Å². The first-order chi connectivity index (χ1) is 13.6. The molecule has 0 saturated heterocycles.